The molecule has 0 fully saturated rings. The van der Waals surface area contributed by atoms with Crippen LogP contribution in [0.15, 0.2) is 28.3 Å². The lowest BCUT2D eigenvalue weighted by atomic mass is 10.4. The van der Waals surface area contributed by atoms with Crippen molar-refractivity contribution >= 4 is 29.6 Å². The van der Waals surface area contributed by atoms with Crippen LogP contribution in [0.3, 0.4) is 0 Å². The molecule has 5 nitrogen and oxygen atoms in total. The highest BCUT2D eigenvalue weighted by Crippen LogP contribution is 2.33. The van der Waals surface area contributed by atoms with E-state index in [-0.39, 0.29) is 24.3 Å². The minimum atomic E-state index is -0.367. The van der Waals surface area contributed by atoms with Gasteiger partial charge in [0.15, 0.2) is 0 Å². The number of pyridine rings is 1. The number of fused-ring (bicyclic) bond motifs is 1. The van der Waals surface area contributed by atoms with Gasteiger partial charge in [0.25, 0.3) is 0 Å². The molecule has 0 spiro atoms. The second-order valence-electron chi connectivity index (χ2n) is 3.16. The van der Waals surface area contributed by atoms with Crippen molar-refractivity contribution in [3.8, 4) is 0 Å². The molecule has 1 aromatic heterocycles. The largest absolute Gasteiger partial charge is 0.395 e. The van der Waals surface area contributed by atoms with Gasteiger partial charge in [0.05, 0.1) is 12.3 Å². The second-order valence-corrected chi connectivity index (χ2v) is 4.29. The molecule has 2 heterocycles. The third kappa shape index (κ3) is 2.40. The number of aliphatic imine (C=N–C) groups is 1. The van der Waals surface area contributed by atoms with E-state index in [0.717, 1.165) is 10.7 Å². The summed E-state index contributed by atoms with van der Waals surface area (Å²) < 4.78 is 0. The number of nitrogens with one attached hydrogen (secondary N) is 1. The molecule has 1 unspecified atom stereocenters. The van der Waals surface area contributed by atoms with Crippen molar-refractivity contribution in [2.75, 3.05) is 13.2 Å². The molecule has 0 bridgehead atoms. The van der Waals surface area contributed by atoms with Gasteiger partial charge in [0.1, 0.15) is 10.3 Å². The standard InChI is InChI=1S/C10H11N3O2S/c14-5-4-11-9(15)8-6-13-7-2-1-3-12-10(7)16-8/h1-3,6,8,14H,4-5H2,(H,11,15). The van der Waals surface area contributed by atoms with Crippen molar-refractivity contribution in [3.63, 3.8) is 0 Å². The molecular weight excluding hydrogens is 226 g/mol. The van der Waals surface area contributed by atoms with E-state index in [4.69, 9.17) is 5.11 Å². The van der Waals surface area contributed by atoms with Crippen molar-refractivity contribution in [2.45, 2.75) is 10.3 Å². The normalized spacial score (nSPS) is 17.9. The van der Waals surface area contributed by atoms with Gasteiger partial charge in [-0.05, 0) is 12.1 Å². The number of carbonyl (C=O) groups excluding carboxylic acids is 1. The zero-order valence-corrected chi connectivity index (χ0v) is 9.28. The van der Waals surface area contributed by atoms with Crippen LogP contribution in [0, 0.1) is 0 Å². The molecule has 0 radical (unpaired) electrons. The van der Waals surface area contributed by atoms with Crippen LogP contribution in [-0.4, -0.2) is 40.6 Å². The Kier molecular flexibility index (Phi) is 3.53. The first-order valence-electron chi connectivity index (χ1n) is 4.85. The Morgan fingerprint density at radius 1 is 1.62 bits per heavy atom. The highest BCUT2D eigenvalue weighted by atomic mass is 32.2. The van der Waals surface area contributed by atoms with Crippen molar-refractivity contribution in [1.82, 2.24) is 10.3 Å². The van der Waals surface area contributed by atoms with Gasteiger partial charge >= 0.3 is 0 Å². The van der Waals surface area contributed by atoms with E-state index in [1.165, 1.54) is 11.8 Å². The summed E-state index contributed by atoms with van der Waals surface area (Å²) in [5.74, 6) is -0.154. The maximum atomic E-state index is 11.6. The van der Waals surface area contributed by atoms with Crippen molar-refractivity contribution in [1.29, 1.82) is 0 Å². The quantitative estimate of drug-likeness (QED) is 0.796. The maximum Gasteiger partial charge on any atom is 0.239 e. The van der Waals surface area contributed by atoms with Crippen molar-refractivity contribution in [2.24, 2.45) is 4.99 Å². The average molecular weight is 237 g/mol. The van der Waals surface area contributed by atoms with E-state index in [2.05, 4.69) is 15.3 Å². The Morgan fingerprint density at radius 2 is 2.50 bits per heavy atom. The fourth-order valence-corrected chi connectivity index (χ4v) is 2.19. The number of carbonyl (C=O) groups is 1. The number of amides is 1. The van der Waals surface area contributed by atoms with E-state index in [9.17, 15) is 4.79 Å². The maximum absolute atomic E-state index is 11.6. The van der Waals surface area contributed by atoms with Gasteiger partial charge in [-0.15, -0.1) is 0 Å². The van der Waals surface area contributed by atoms with E-state index in [1.807, 2.05) is 12.1 Å². The minimum Gasteiger partial charge on any atom is -0.395 e. The number of thioether (sulfide) groups is 1. The fraction of sp³-hybridized carbons (Fsp3) is 0.300. The van der Waals surface area contributed by atoms with E-state index < -0.39 is 0 Å². The molecular formula is C10H11N3O2S. The van der Waals surface area contributed by atoms with Crippen LogP contribution < -0.4 is 5.32 Å². The van der Waals surface area contributed by atoms with Gasteiger partial charge in [-0.25, -0.2) is 4.98 Å². The Bertz CT molecular complexity index is 422. The van der Waals surface area contributed by atoms with Gasteiger partial charge in [-0.2, -0.15) is 0 Å². The lowest BCUT2D eigenvalue weighted by molar-refractivity contribution is -0.119. The summed E-state index contributed by atoms with van der Waals surface area (Å²) in [6, 6.07) is 3.66. The summed E-state index contributed by atoms with van der Waals surface area (Å²) in [5, 5.41) is 11.6. The Hall–Kier alpha value is -1.40. The third-order valence-electron chi connectivity index (χ3n) is 2.01. The summed E-state index contributed by atoms with van der Waals surface area (Å²) in [4.78, 5) is 19.9. The molecule has 0 saturated carbocycles. The van der Waals surface area contributed by atoms with Crippen LogP contribution in [0.25, 0.3) is 0 Å². The summed E-state index contributed by atoms with van der Waals surface area (Å²) in [5.41, 5.74) is 0.790. The molecule has 2 rings (SSSR count). The van der Waals surface area contributed by atoms with Crippen LogP contribution in [0.2, 0.25) is 0 Å². The number of hydrogen-bond donors (Lipinski definition) is 2. The van der Waals surface area contributed by atoms with E-state index >= 15 is 0 Å². The zero-order valence-electron chi connectivity index (χ0n) is 8.46. The SMILES string of the molecule is O=C(NCCO)C1C=Nc2cccnc2S1. The molecule has 0 aromatic carbocycles. The monoisotopic (exact) mass is 237 g/mol. The molecule has 1 atom stereocenters. The van der Waals surface area contributed by atoms with Crippen LogP contribution in [0.1, 0.15) is 0 Å². The minimum absolute atomic E-state index is 0.0604. The van der Waals surface area contributed by atoms with E-state index in [1.54, 1.807) is 12.4 Å². The predicted octanol–water partition coefficient (Wildman–Crippen LogP) is 0.367. The molecule has 6 heteroatoms. The molecule has 1 aliphatic heterocycles. The first kappa shape index (κ1) is 11.1. The predicted molar refractivity (Wildman–Crippen MR) is 62.1 cm³/mol. The first-order chi connectivity index (χ1) is 7.81. The number of nitrogens with zero attached hydrogens (tertiary/aromatic N) is 2. The molecule has 1 aliphatic rings. The average Bonchev–Trinajstić information content (AvgIpc) is 2.35. The van der Waals surface area contributed by atoms with Gasteiger partial charge < -0.3 is 10.4 Å². The molecule has 0 aliphatic carbocycles. The molecule has 1 aromatic rings. The summed E-state index contributed by atoms with van der Waals surface area (Å²) in [7, 11) is 0. The molecule has 2 N–H and O–H groups in total. The lowest BCUT2D eigenvalue weighted by Crippen LogP contribution is -2.35. The molecule has 84 valence electrons. The van der Waals surface area contributed by atoms with Crippen LogP contribution in [-0.2, 0) is 4.79 Å². The summed E-state index contributed by atoms with van der Waals surface area (Å²) in [6.07, 6.45) is 3.27. The highest BCUT2D eigenvalue weighted by Gasteiger charge is 2.22. The first-order valence-corrected chi connectivity index (χ1v) is 5.73. The second kappa shape index (κ2) is 5.09. The Morgan fingerprint density at radius 3 is 3.31 bits per heavy atom. The van der Waals surface area contributed by atoms with E-state index in [0.29, 0.717) is 0 Å². The zero-order chi connectivity index (χ0) is 11.4. The summed E-state index contributed by atoms with van der Waals surface area (Å²) >= 11 is 1.36. The number of aromatic nitrogens is 1. The van der Waals surface area contributed by atoms with Crippen LogP contribution >= 0.6 is 11.8 Å². The molecule has 16 heavy (non-hydrogen) atoms. The van der Waals surface area contributed by atoms with Gasteiger partial charge in [0.2, 0.25) is 5.91 Å². The van der Waals surface area contributed by atoms with Crippen molar-refractivity contribution in [3.05, 3.63) is 18.3 Å². The van der Waals surface area contributed by atoms with Crippen LogP contribution in [0.4, 0.5) is 5.69 Å². The smallest absolute Gasteiger partial charge is 0.239 e. The Balaban J connectivity index is 2.05. The highest BCUT2D eigenvalue weighted by molar-refractivity contribution is 8.01. The summed E-state index contributed by atoms with van der Waals surface area (Å²) in [6.45, 7) is 0.202. The number of aliphatic hydroxyl groups excluding tert-OH is 1. The van der Waals surface area contributed by atoms with Gasteiger partial charge in [-0.1, -0.05) is 11.8 Å². The third-order valence-corrected chi connectivity index (χ3v) is 3.14. The van der Waals surface area contributed by atoms with Crippen molar-refractivity contribution < 1.29 is 9.90 Å². The number of aliphatic hydroxyl groups is 1. The lowest BCUT2D eigenvalue weighted by Gasteiger charge is -2.16. The molecule has 1 amide bonds. The molecule has 0 saturated heterocycles. The van der Waals surface area contributed by atoms with Crippen LogP contribution in [0.5, 0.6) is 0 Å². The fourth-order valence-electron chi connectivity index (χ4n) is 1.27. The van der Waals surface area contributed by atoms with Gasteiger partial charge in [0, 0.05) is 19.0 Å². The number of hydrogen-bond acceptors (Lipinski definition) is 5. The van der Waals surface area contributed by atoms with Gasteiger partial charge in [-0.3, -0.25) is 9.79 Å². The topological polar surface area (TPSA) is 74.6 Å². The Labute approximate surface area is 97.0 Å². The number of rotatable bonds is 3.